The van der Waals surface area contributed by atoms with Crippen LogP contribution < -0.4 is 5.73 Å². The fraction of sp³-hybridized carbons (Fsp3) is 0.750. The van der Waals surface area contributed by atoms with E-state index in [0.29, 0.717) is 5.92 Å². The van der Waals surface area contributed by atoms with Crippen LogP contribution in [0.2, 0.25) is 0 Å². The van der Waals surface area contributed by atoms with Crippen molar-refractivity contribution in [3.05, 3.63) is 11.3 Å². The van der Waals surface area contributed by atoms with Crippen LogP contribution in [0.3, 0.4) is 0 Å². The number of anilines is 1. The van der Waals surface area contributed by atoms with E-state index in [1.807, 2.05) is 7.05 Å². The maximum Gasteiger partial charge on any atom is 0.124 e. The highest BCUT2D eigenvalue weighted by Crippen LogP contribution is 2.27. The number of nitrogens with two attached hydrogens (primary N) is 1. The molecule has 1 rings (SSSR count). The Kier molecular flexibility index (Phi) is 4.18. The van der Waals surface area contributed by atoms with Crippen molar-refractivity contribution in [1.82, 2.24) is 9.78 Å². The standard InChI is InChI=1S/C12H23N3/c1-5-7-8-9(3)11-10(6-2)12(13)15(4)14-11/h9H,5-8,13H2,1-4H3. The van der Waals surface area contributed by atoms with Gasteiger partial charge in [0.15, 0.2) is 0 Å². The Morgan fingerprint density at radius 3 is 2.60 bits per heavy atom. The van der Waals surface area contributed by atoms with E-state index >= 15 is 0 Å². The van der Waals surface area contributed by atoms with Gasteiger partial charge in [-0.3, -0.25) is 4.68 Å². The number of aryl methyl sites for hydroxylation is 1. The van der Waals surface area contributed by atoms with Crippen molar-refractivity contribution >= 4 is 5.82 Å². The van der Waals surface area contributed by atoms with Crippen molar-refractivity contribution in [2.75, 3.05) is 5.73 Å². The van der Waals surface area contributed by atoms with Gasteiger partial charge in [-0.2, -0.15) is 5.10 Å². The number of unbranched alkanes of at least 4 members (excludes halogenated alkanes) is 1. The molecule has 0 saturated carbocycles. The average molecular weight is 209 g/mol. The molecule has 0 aromatic carbocycles. The summed E-state index contributed by atoms with van der Waals surface area (Å²) in [6.45, 7) is 6.61. The molecule has 0 saturated heterocycles. The number of hydrogen-bond donors (Lipinski definition) is 1. The van der Waals surface area contributed by atoms with Crippen LogP contribution in [0.4, 0.5) is 5.82 Å². The number of nitrogen functional groups attached to an aromatic ring is 1. The van der Waals surface area contributed by atoms with Crippen LogP contribution in [-0.4, -0.2) is 9.78 Å². The third-order valence-corrected chi connectivity index (χ3v) is 3.04. The number of hydrogen-bond acceptors (Lipinski definition) is 2. The molecule has 0 radical (unpaired) electrons. The molecule has 86 valence electrons. The summed E-state index contributed by atoms with van der Waals surface area (Å²) in [4.78, 5) is 0. The summed E-state index contributed by atoms with van der Waals surface area (Å²) in [5, 5.41) is 4.53. The molecule has 0 aliphatic carbocycles. The van der Waals surface area contributed by atoms with Crippen LogP contribution in [0.5, 0.6) is 0 Å². The maximum atomic E-state index is 5.98. The second-order valence-corrected chi connectivity index (χ2v) is 4.27. The van der Waals surface area contributed by atoms with Crippen LogP contribution in [0, 0.1) is 0 Å². The van der Waals surface area contributed by atoms with Gasteiger partial charge in [0.1, 0.15) is 5.82 Å². The Hall–Kier alpha value is -0.990. The van der Waals surface area contributed by atoms with Crippen LogP contribution in [0.15, 0.2) is 0 Å². The monoisotopic (exact) mass is 209 g/mol. The van der Waals surface area contributed by atoms with E-state index in [1.165, 1.54) is 30.5 Å². The molecule has 2 N–H and O–H groups in total. The number of nitrogens with zero attached hydrogens (tertiary/aromatic N) is 2. The average Bonchev–Trinajstić information content (AvgIpc) is 2.52. The number of aromatic nitrogens is 2. The molecule has 0 aliphatic heterocycles. The Balaban J connectivity index is 2.87. The molecule has 1 aromatic heterocycles. The summed E-state index contributed by atoms with van der Waals surface area (Å²) in [5.74, 6) is 1.36. The van der Waals surface area contributed by atoms with Crippen molar-refractivity contribution in [3.8, 4) is 0 Å². The zero-order chi connectivity index (χ0) is 11.4. The summed E-state index contributed by atoms with van der Waals surface area (Å²) >= 11 is 0. The largest absolute Gasteiger partial charge is 0.384 e. The lowest BCUT2D eigenvalue weighted by molar-refractivity contribution is 0.595. The first-order valence-electron chi connectivity index (χ1n) is 5.93. The molecule has 1 heterocycles. The fourth-order valence-corrected chi connectivity index (χ4v) is 2.01. The van der Waals surface area contributed by atoms with Gasteiger partial charge in [0.25, 0.3) is 0 Å². The van der Waals surface area contributed by atoms with Gasteiger partial charge in [0.05, 0.1) is 5.69 Å². The normalized spacial score (nSPS) is 13.1. The molecule has 0 spiro atoms. The Morgan fingerprint density at radius 2 is 2.07 bits per heavy atom. The second-order valence-electron chi connectivity index (χ2n) is 4.27. The summed E-state index contributed by atoms with van der Waals surface area (Å²) in [7, 11) is 1.92. The van der Waals surface area contributed by atoms with Crippen LogP contribution >= 0.6 is 0 Å². The lowest BCUT2D eigenvalue weighted by atomic mass is 9.96. The number of rotatable bonds is 5. The molecular formula is C12H23N3. The van der Waals surface area contributed by atoms with Crippen molar-refractivity contribution in [1.29, 1.82) is 0 Å². The van der Waals surface area contributed by atoms with Gasteiger partial charge >= 0.3 is 0 Å². The predicted octanol–water partition coefficient (Wildman–Crippen LogP) is 2.86. The minimum Gasteiger partial charge on any atom is -0.384 e. The van der Waals surface area contributed by atoms with E-state index in [9.17, 15) is 0 Å². The molecule has 1 unspecified atom stereocenters. The van der Waals surface area contributed by atoms with Gasteiger partial charge in [-0.05, 0) is 12.8 Å². The fourth-order valence-electron chi connectivity index (χ4n) is 2.01. The van der Waals surface area contributed by atoms with E-state index in [0.717, 1.165) is 12.2 Å². The highest BCUT2D eigenvalue weighted by atomic mass is 15.3. The Labute approximate surface area is 92.7 Å². The first kappa shape index (κ1) is 12.1. The van der Waals surface area contributed by atoms with E-state index in [-0.39, 0.29) is 0 Å². The highest BCUT2D eigenvalue weighted by Gasteiger charge is 2.17. The lowest BCUT2D eigenvalue weighted by Crippen LogP contribution is -1.99. The third-order valence-electron chi connectivity index (χ3n) is 3.04. The minimum absolute atomic E-state index is 0.531. The summed E-state index contributed by atoms with van der Waals surface area (Å²) in [6, 6.07) is 0. The summed E-state index contributed by atoms with van der Waals surface area (Å²) in [6.07, 6.45) is 4.69. The SMILES string of the molecule is CCCCC(C)c1nn(C)c(N)c1CC. The van der Waals surface area contributed by atoms with Gasteiger partial charge in [-0.1, -0.05) is 33.6 Å². The molecular weight excluding hydrogens is 186 g/mol. The van der Waals surface area contributed by atoms with Gasteiger partial charge in [0.2, 0.25) is 0 Å². The minimum atomic E-state index is 0.531. The van der Waals surface area contributed by atoms with E-state index < -0.39 is 0 Å². The topological polar surface area (TPSA) is 43.8 Å². The van der Waals surface area contributed by atoms with Crippen LogP contribution in [0.25, 0.3) is 0 Å². The zero-order valence-corrected chi connectivity index (χ0v) is 10.4. The smallest absolute Gasteiger partial charge is 0.124 e. The van der Waals surface area contributed by atoms with Gasteiger partial charge in [-0.15, -0.1) is 0 Å². The van der Waals surface area contributed by atoms with Gasteiger partial charge in [0, 0.05) is 18.5 Å². The Bertz CT molecular complexity index is 315. The van der Waals surface area contributed by atoms with Gasteiger partial charge < -0.3 is 5.73 Å². The molecule has 15 heavy (non-hydrogen) atoms. The van der Waals surface area contributed by atoms with Crippen molar-refractivity contribution in [2.24, 2.45) is 7.05 Å². The van der Waals surface area contributed by atoms with Crippen LogP contribution in [0.1, 0.15) is 57.2 Å². The quantitative estimate of drug-likeness (QED) is 0.810. The van der Waals surface area contributed by atoms with Crippen molar-refractivity contribution < 1.29 is 0 Å². The zero-order valence-electron chi connectivity index (χ0n) is 10.4. The molecule has 0 aliphatic rings. The molecule has 3 heteroatoms. The Morgan fingerprint density at radius 1 is 1.40 bits per heavy atom. The van der Waals surface area contributed by atoms with Crippen molar-refractivity contribution in [3.63, 3.8) is 0 Å². The molecule has 0 fully saturated rings. The summed E-state index contributed by atoms with van der Waals surface area (Å²) in [5.41, 5.74) is 8.42. The third kappa shape index (κ3) is 2.52. The molecule has 1 aromatic rings. The van der Waals surface area contributed by atoms with E-state index in [4.69, 9.17) is 5.73 Å². The van der Waals surface area contributed by atoms with Crippen molar-refractivity contribution in [2.45, 2.75) is 52.4 Å². The molecule has 1 atom stereocenters. The lowest BCUT2D eigenvalue weighted by Gasteiger charge is -2.09. The van der Waals surface area contributed by atoms with E-state index in [1.54, 1.807) is 4.68 Å². The van der Waals surface area contributed by atoms with Gasteiger partial charge in [-0.25, -0.2) is 0 Å². The molecule has 0 bridgehead atoms. The molecule has 0 amide bonds. The van der Waals surface area contributed by atoms with Crippen LogP contribution in [-0.2, 0) is 13.5 Å². The summed E-state index contributed by atoms with van der Waals surface area (Å²) < 4.78 is 1.80. The first-order valence-corrected chi connectivity index (χ1v) is 5.93. The second kappa shape index (κ2) is 5.19. The maximum absolute atomic E-state index is 5.98. The predicted molar refractivity (Wildman–Crippen MR) is 64.9 cm³/mol. The van der Waals surface area contributed by atoms with E-state index in [2.05, 4.69) is 25.9 Å². The first-order chi connectivity index (χ1) is 7.11. The highest BCUT2D eigenvalue weighted by molar-refractivity contribution is 5.44. The molecule has 3 nitrogen and oxygen atoms in total.